The second-order valence-corrected chi connectivity index (χ2v) is 10.3. The predicted molar refractivity (Wildman–Crippen MR) is 136 cm³/mol. The minimum absolute atomic E-state index is 0.418. The molecule has 1 unspecified atom stereocenters. The van der Waals surface area contributed by atoms with Gasteiger partial charge in [-0.3, -0.25) is 0 Å². The smallest absolute Gasteiger partial charge is 0.121 e. The van der Waals surface area contributed by atoms with E-state index in [0.717, 1.165) is 42.4 Å². The Morgan fingerprint density at radius 1 is 0.677 bits per heavy atom. The third kappa shape index (κ3) is 12.0. The fraction of sp³-hybridized carbons (Fsp3) is 0.793. The quantitative estimate of drug-likeness (QED) is 0.227. The highest BCUT2D eigenvalue weighted by Gasteiger charge is 2.20. The fourth-order valence-electron chi connectivity index (χ4n) is 4.59. The fourth-order valence-corrected chi connectivity index (χ4v) is 4.59. The van der Waals surface area contributed by atoms with Crippen LogP contribution in [-0.4, -0.2) is 15.8 Å². The predicted octanol–water partition coefficient (Wildman–Crippen LogP) is 8.87. The van der Waals surface area contributed by atoms with Crippen molar-refractivity contribution in [2.75, 3.05) is 0 Å². The lowest BCUT2D eigenvalue weighted by atomic mass is 9.88. The minimum atomic E-state index is -0.613. The van der Waals surface area contributed by atoms with Crippen molar-refractivity contribution in [2.24, 2.45) is 0 Å². The molecule has 1 rings (SSSR count). The molecule has 0 saturated carbocycles. The van der Waals surface area contributed by atoms with E-state index in [-0.39, 0.29) is 0 Å². The molecule has 0 aliphatic carbocycles. The topological polar surface area (TPSA) is 40.5 Å². The highest BCUT2D eigenvalue weighted by Crippen LogP contribution is 2.30. The van der Waals surface area contributed by atoms with Crippen LogP contribution in [0.3, 0.4) is 0 Å². The van der Waals surface area contributed by atoms with Crippen molar-refractivity contribution in [3.05, 3.63) is 28.3 Å². The molecule has 0 bridgehead atoms. The van der Waals surface area contributed by atoms with Crippen LogP contribution in [0, 0.1) is 20.8 Å². The molecule has 180 valence electrons. The first kappa shape index (κ1) is 28.0. The molecule has 0 amide bonds. The van der Waals surface area contributed by atoms with Crippen LogP contribution in [0.1, 0.15) is 139 Å². The number of phenols is 1. The normalized spacial score (nSPS) is 13.5. The first-order valence-corrected chi connectivity index (χ1v) is 13.3. The summed E-state index contributed by atoms with van der Waals surface area (Å²) in [5, 5.41) is 21.1. The molecule has 0 heterocycles. The van der Waals surface area contributed by atoms with Gasteiger partial charge in [0.05, 0.1) is 5.60 Å². The first-order valence-electron chi connectivity index (χ1n) is 13.3. The van der Waals surface area contributed by atoms with Gasteiger partial charge in [-0.05, 0) is 69.2 Å². The van der Waals surface area contributed by atoms with E-state index >= 15 is 0 Å². The number of hydrogen-bond acceptors (Lipinski definition) is 2. The summed E-state index contributed by atoms with van der Waals surface area (Å²) in [6.45, 7) is 10.3. The first-order chi connectivity index (χ1) is 14.8. The zero-order chi connectivity index (χ0) is 23.1. The molecule has 0 aliphatic heterocycles. The van der Waals surface area contributed by atoms with Gasteiger partial charge in [0.1, 0.15) is 5.75 Å². The van der Waals surface area contributed by atoms with Gasteiger partial charge in [0, 0.05) is 0 Å². The number of hydrogen-bond donors (Lipinski definition) is 2. The van der Waals surface area contributed by atoms with Gasteiger partial charge in [-0.15, -0.1) is 0 Å². The van der Waals surface area contributed by atoms with E-state index in [1.165, 1.54) is 89.0 Å². The number of rotatable bonds is 18. The van der Waals surface area contributed by atoms with Crippen LogP contribution in [0.2, 0.25) is 0 Å². The number of unbranched alkanes of at least 4 members (excludes halogenated alkanes) is 13. The highest BCUT2D eigenvalue weighted by molar-refractivity contribution is 5.48. The van der Waals surface area contributed by atoms with Crippen molar-refractivity contribution in [2.45, 2.75) is 149 Å². The minimum Gasteiger partial charge on any atom is -0.507 e. The average Bonchev–Trinajstić information content (AvgIpc) is 2.74. The molecule has 1 aromatic rings. The van der Waals surface area contributed by atoms with Crippen LogP contribution in [0.5, 0.6) is 5.75 Å². The number of phenolic OH excluding ortho intramolecular Hbond substituents is 1. The summed E-state index contributed by atoms with van der Waals surface area (Å²) in [6.07, 6.45) is 21.5. The van der Waals surface area contributed by atoms with E-state index in [4.69, 9.17) is 0 Å². The number of aromatic hydroxyl groups is 1. The van der Waals surface area contributed by atoms with Gasteiger partial charge in [-0.25, -0.2) is 0 Å². The lowest BCUT2D eigenvalue weighted by molar-refractivity contribution is 0.0395. The molecule has 0 radical (unpaired) electrons. The molecule has 1 atom stereocenters. The Balaban J connectivity index is 2.07. The van der Waals surface area contributed by atoms with E-state index in [1.807, 2.05) is 27.7 Å². The maximum Gasteiger partial charge on any atom is 0.121 e. The van der Waals surface area contributed by atoms with E-state index in [0.29, 0.717) is 5.75 Å². The van der Waals surface area contributed by atoms with E-state index < -0.39 is 5.60 Å². The van der Waals surface area contributed by atoms with E-state index in [1.54, 1.807) is 0 Å². The van der Waals surface area contributed by atoms with E-state index in [9.17, 15) is 10.2 Å². The van der Waals surface area contributed by atoms with Crippen LogP contribution in [0.4, 0.5) is 0 Å². The van der Waals surface area contributed by atoms with Gasteiger partial charge in [0.2, 0.25) is 0 Å². The Morgan fingerprint density at radius 3 is 1.61 bits per heavy atom. The zero-order valence-electron chi connectivity index (χ0n) is 21.5. The molecule has 0 fully saturated rings. The summed E-state index contributed by atoms with van der Waals surface area (Å²) in [5.74, 6) is 0.418. The Kier molecular flexibility index (Phi) is 14.2. The Bertz CT molecular complexity index is 603. The molecule has 31 heavy (non-hydrogen) atoms. The third-order valence-corrected chi connectivity index (χ3v) is 7.18. The van der Waals surface area contributed by atoms with Gasteiger partial charge in [0.25, 0.3) is 0 Å². The molecule has 0 spiro atoms. The second-order valence-electron chi connectivity index (χ2n) is 10.3. The lowest BCUT2D eigenvalue weighted by Gasteiger charge is -2.24. The molecule has 1 aromatic carbocycles. The number of benzene rings is 1. The van der Waals surface area contributed by atoms with Gasteiger partial charge in [0.15, 0.2) is 0 Å². The second kappa shape index (κ2) is 15.7. The number of aryl methyl sites for hydroxylation is 2. The van der Waals surface area contributed by atoms with Gasteiger partial charge in [-0.2, -0.15) is 0 Å². The van der Waals surface area contributed by atoms with Gasteiger partial charge >= 0.3 is 0 Å². The Hall–Kier alpha value is -1.02. The molecule has 0 aliphatic rings. The maximum absolute atomic E-state index is 10.8. The summed E-state index contributed by atoms with van der Waals surface area (Å²) >= 11 is 0. The summed E-state index contributed by atoms with van der Waals surface area (Å²) in [5.41, 5.74) is 3.62. The van der Waals surface area contributed by atoms with Crippen LogP contribution >= 0.6 is 0 Å². The highest BCUT2D eigenvalue weighted by atomic mass is 16.3. The van der Waals surface area contributed by atoms with Crippen LogP contribution < -0.4 is 0 Å². The van der Waals surface area contributed by atoms with Crippen molar-refractivity contribution in [1.82, 2.24) is 0 Å². The molecule has 0 saturated heterocycles. The SMILES string of the molecule is CCCCCCCCCCCCCCCCC(C)(O)CCc1cc(C)c(C)c(O)c1C. The Labute approximate surface area is 193 Å². The summed E-state index contributed by atoms with van der Waals surface area (Å²) in [4.78, 5) is 0. The van der Waals surface area contributed by atoms with E-state index in [2.05, 4.69) is 13.0 Å². The van der Waals surface area contributed by atoms with Gasteiger partial charge < -0.3 is 10.2 Å². The molecule has 0 aromatic heterocycles. The summed E-state index contributed by atoms with van der Waals surface area (Å²) < 4.78 is 0. The van der Waals surface area contributed by atoms with Crippen molar-refractivity contribution in [1.29, 1.82) is 0 Å². The molecular formula is C29H52O2. The van der Waals surface area contributed by atoms with Crippen molar-refractivity contribution < 1.29 is 10.2 Å². The zero-order valence-corrected chi connectivity index (χ0v) is 21.5. The summed E-state index contributed by atoms with van der Waals surface area (Å²) in [6, 6.07) is 2.17. The standard InChI is InChI=1S/C29H52O2/c1-6-7-8-9-10-11-12-13-14-15-16-17-18-19-21-29(5,31)22-20-27-23-24(2)25(3)28(30)26(27)4/h23,30-31H,6-22H2,1-5H3. The molecule has 2 heteroatoms. The van der Waals surface area contributed by atoms with Gasteiger partial charge in [-0.1, -0.05) is 103 Å². The largest absolute Gasteiger partial charge is 0.507 e. The number of aliphatic hydroxyl groups is 1. The third-order valence-electron chi connectivity index (χ3n) is 7.18. The van der Waals surface area contributed by atoms with Crippen LogP contribution in [0.15, 0.2) is 6.07 Å². The van der Waals surface area contributed by atoms with Crippen molar-refractivity contribution in [3.8, 4) is 5.75 Å². The monoisotopic (exact) mass is 432 g/mol. The summed E-state index contributed by atoms with van der Waals surface area (Å²) in [7, 11) is 0. The van der Waals surface area contributed by atoms with Crippen LogP contribution in [0.25, 0.3) is 0 Å². The van der Waals surface area contributed by atoms with Crippen molar-refractivity contribution in [3.63, 3.8) is 0 Å². The molecular weight excluding hydrogens is 380 g/mol. The average molecular weight is 433 g/mol. The Morgan fingerprint density at radius 2 is 1.13 bits per heavy atom. The van der Waals surface area contributed by atoms with Crippen molar-refractivity contribution >= 4 is 0 Å². The maximum atomic E-state index is 10.8. The molecule has 2 nitrogen and oxygen atoms in total. The molecule has 2 N–H and O–H groups in total. The van der Waals surface area contributed by atoms with Crippen LogP contribution in [-0.2, 0) is 6.42 Å². The lowest BCUT2D eigenvalue weighted by Crippen LogP contribution is -2.24.